The third-order valence-electron chi connectivity index (χ3n) is 7.52. The van der Waals surface area contributed by atoms with Crippen LogP contribution in [0.4, 0.5) is 0 Å². The van der Waals surface area contributed by atoms with Gasteiger partial charge >= 0.3 is 0 Å². The normalized spacial score (nSPS) is 28.4. The zero-order valence-electron chi connectivity index (χ0n) is 19.3. The van der Waals surface area contributed by atoms with Gasteiger partial charge in [-0.15, -0.1) is 0 Å². The van der Waals surface area contributed by atoms with E-state index >= 15 is 0 Å². The summed E-state index contributed by atoms with van der Waals surface area (Å²) in [6.45, 7) is 18.8. The molecule has 1 aromatic rings. The number of rotatable bonds is 5. The number of hydrogen-bond acceptors (Lipinski definition) is 4. The number of thiol groups is 1. The summed E-state index contributed by atoms with van der Waals surface area (Å²) in [5, 5.41) is 24.2. The highest BCUT2D eigenvalue weighted by atomic mass is 32.1. The van der Waals surface area contributed by atoms with Crippen LogP contribution in [0.25, 0.3) is 0 Å². The molecule has 2 unspecified atom stereocenters. The minimum atomic E-state index is -0.313. The lowest BCUT2D eigenvalue weighted by molar-refractivity contribution is -0.216. The molecule has 0 amide bonds. The predicted octanol–water partition coefficient (Wildman–Crippen LogP) is 3.19. The lowest BCUT2D eigenvalue weighted by atomic mass is 9.87. The molecule has 1 saturated heterocycles. The number of fused-ring (bicyclic) bond motifs is 1. The van der Waals surface area contributed by atoms with Crippen molar-refractivity contribution in [2.24, 2.45) is 5.92 Å². The van der Waals surface area contributed by atoms with E-state index in [1.807, 2.05) is 0 Å². The van der Waals surface area contributed by atoms with Crippen molar-refractivity contribution in [2.75, 3.05) is 13.1 Å². The second-order valence-corrected chi connectivity index (χ2v) is 11.8. The van der Waals surface area contributed by atoms with E-state index in [0.717, 1.165) is 19.5 Å². The van der Waals surface area contributed by atoms with Gasteiger partial charge < -0.3 is 15.7 Å². The molecule has 6 heteroatoms. The molecule has 0 radical (unpaired) electrons. The fourth-order valence-corrected chi connectivity index (χ4v) is 5.78. The molecule has 3 rings (SSSR count). The van der Waals surface area contributed by atoms with Crippen LogP contribution < -0.4 is 5.32 Å². The number of nitrogens with one attached hydrogen (secondary N) is 1. The van der Waals surface area contributed by atoms with Crippen LogP contribution in [-0.2, 0) is 11.1 Å². The van der Waals surface area contributed by atoms with Crippen LogP contribution in [0.5, 0.6) is 0 Å². The third-order valence-corrected chi connectivity index (χ3v) is 8.00. The summed E-state index contributed by atoms with van der Waals surface area (Å²) in [7, 11) is 0. The first-order valence-electron chi connectivity index (χ1n) is 10.7. The minimum Gasteiger partial charge on any atom is -0.338 e. The Morgan fingerprint density at radius 1 is 1.00 bits per heavy atom. The van der Waals surface area contributed by atoms with E-state index in [-0.39, 0.29) is 27.4 Å². The van der Waals surface area contributed by atoms with Gasteiger partial charge in [0.25, 0.3) is 0 Å². The molecule has 0 aliphatic carbocycles. The van der Waals surface area contributed by atoms with Gasteiger partial charge in [-0.2, -0.15) is 12.6 Å². The molecule has 1 fully saturated rings. The van der Waals surface area contributed by atoms with Gasteiger partial charge in [0.2, 0.25) is 0 Å². The van der Waals surface area contributed by atoms with Gasteiger partial charge in [0.1, 0.15) is 11.1 Å². The Hall–Kier alpha value is -0.630. The van der Waals surface area contributed by atoms with Crippen molar-refractivity contribution in [3.8, 4) is 0 Å². The molecule has 164 valence electrons. The standard InChI is InChI=1S/C23H39N3O2S/c1-20(2)12-16(21(3,4)25(20)27)13-24-14-19(29)15-9-10-17-18(11-15)23(7,8)26(28)22(17,5)6/h9-11,16,19,24,27-29H,12-14H2,1-8H3/p+2. The lowest BCUT2D eigenvalue weighted by Crippen LogP contribution is -2.48. The number of hydrogen-bond donors (Lipinski definition) is 2. The van der Waals surface area contributed by atoms with Crippen molar-refractivity contribution in [3.63, 3.8) is 0 Å². The SMILES string of the molecule is CC1(C)CC(CNCC(S)c2ccc3c(c2)C(C)(C)N([OH2+])C3(C)C)C(C)(C)N1[OH2+]. The van der Waals surface area contributed by atoms with Gasteiger partial charge in [-0.1, -0.05) is 28.3 Å². The van der Waals surface area contributed by atoms with Crippen LogP contribution in [0.1, 0.15) is 83.8 Å². The second kappa shape index (κ2) is 7.21. The zero-order chi connectivity index (χ0) is 22.0. The first-order valence-corrected chi connectivity index (χ1v) is 11.2. The largest absolute Gasteiger partial charge is 0.338 e. The summed E-state index contributed by atoms with van der Waals surface area (Å²) < 4.78 is 0. The maximum Gasteiger partial charge on any atom is 0.109 e. The van der Waals surface area contributed by atoms with Crippen molar-refractivity contribution >= 4 is 12.6 Å². The zero-order valence-corrected chi connectivity index (χ0v) is 20.2. The summed E-state index contributed by atoms with van der Waals surface area (Å²) in [4.78, 5) is 0. The third kappa shape index (κ3) is 3.66. The van der Waals surface area contributed by atoms with Crippen LogP contribution in [0.3, 0.4) is 0 Å². The van der Waals surface area contributed by atoms with Crippen LogP contribution in [0.15, 0.2) is 18.2 Å². The van der Waals surface area contributed by atoms with E-state index in [1.165, 1.54) is 16.7 Å². The van der Waals surface area contributed by atoms with Gasteiger partial charge in [-0.25, -0.2) is 0 Å². The fraction of sp³-hybridized carbons (Fsp3) is 0.739. The quantitative estimate of drug-likeness (QED) is 0.565. The van der Waals surface area contributed by atoms with E-state index in [4.69, 9.17) is 23.0 Å². The van der Waals surface area contributed by atoms with E-state index < -0.39 is 0 Å². The maximum atomic E-state index is 8.58. The summed E-state index contributed by atoms with van der Waals surface area (Å²) in [6, 6.07) is 6.60. The number of hydroxylamine groups is 4. The average Bonchev–Trinajstić information content (AvgIpc) is 2.87. The van der Waals surface area contributed by atoms with Crippen LogP contribution in [0.2, 0.25) is 0 Å². The van der Waals surface area contributed by atoms with E-state index in [2.05, 4.69) is 78.9 Å². The molecule has 0 spiro atoms. The average molecular weight is 424 g/mol. The molecule has 29 heavy (non-hydrogen) atoms. The van der Waals surface area contributed by atoms with Crippen LogP contribution in [0, 0.1) is 5.92 Å². The van der Waals surface area contributed by atoms with Crippen LogP contribution in [-0.4, -0.2) is 44.7 Å². The Balaban J connectivity index is 1.68. The monoisotopic (exact) mass is 423 g/mol. The summed E-state index contributed by atoms with van der Waals surface area (Å²) >= 11 is 4.88. The molecular weight excluding hydrogens is 382 g/mol. The smallest absolute Gasteiger partial charge is 0.109 e. The number of benzene rings is 1. The van der Waals surface area contributed by atoms with E-state index in [1.54, 1.807) is 10.1 Å². The first-order chi connectivity index (χ1) is 13.1. The molecular formula is C23H41N3O2S+2. The van der Waals surface area contributed by atoms with Crippen molar-refractivity contribution in [3.05, 3.63) is 34.9 Å². The predicted molar refractivity (Wildman–Crippen MR) is 124 cm³/mol. The maximum absolute atomic E-state index is 8.58. The lowest BCUT2D eigenvalue weighted by Gasteiger charge is -2.31. The van der Waals surface area contributed by atoms with Crippen LogP contribution >= 0.6 is 12.6 Å². The van der Waals surface area contributed by atoms with Crippen molar-refractivity contribution < 1.29 is 10.4 Å². The minimum absolute atomic E-state index is 0.0866. The van der Waals surface area contributed by atoms with Gasteiger partial charge in [-0.05, 0) is 84.4 Å². The Morgan fingerprint density at radius 3 is 2.14 bits per heavy atom. The summed E-state index contributed by atoms with van der Waals surface area (Å²) in [5.74, 6) is 0.437. The Morgan fingerprint density at radius 2 is 1.59 bits per heavy atom. The van der Waals surface area contributed by atoms with E-state index in [0.29, 0.717) is 5.92 Å². The molecule has 2 aliphatic heterocycles. The van der Waals surface area contributed by atoms with Gasteiger partial charge in [-0.3, -0.25) is 0 Å². The highest BCUT2D eigenvalue weighted by molar-refractivity contribution is 7.80. The molecule has 2 aliphatic rings. The highest BCUT2D eigenvalue weighted by Gasteiger charge is 2.54. The molecule has 2 atom stereocenters. The van der Waals surface area contributed by atoms with E-state index in [9.17, 15) is 0 Å². The fourth-order valence-electron chi connectivity index (χ4n) is 5.49. The second-order valence-electron chi connectivity index (χ2n) is 11.1. The Bertz CT molecular complexity index is 775. The molecule has 5 N–H and O–H groups in total. The van der Waals surface area contributed by atoms with Crippen molar-refractivity contribution in [1.82, 2.24) is 15.4 Å². The molecule has 5 nitrogen and oxygen atoms in total. The Kier molecular flexibility index (Phi) is 5.73. The molecule has 0 saturated carbocycles. The Labute approximate surface area is 181 Å². The molecule has 0 bridgehead atoms. The van der Waals surface area contributed by atoms with Crippen molar-refractivity contribution in [1.29, 1.82) is 0 Å². The first kappa shape index (κ1) is 23.0. The molecule has 1 aromatic carbocycles. The summed E-state index contributed by atoms with van der Waals surface area (Å²) in [6.07, 6.45) is 1.02. The topological polar surface area (TPSA) is 64.3 Å². The van der Waals surface area contributed by atoms with Gasteiger partial charge in [0.15, 0.2) is 0 Å². The summed E-state index contributed by atoms with van der Waals surface area (Å²) in [5.41, 5.74) is 2.85. The highest BCUT2D eigenvalue weighted by Crippen LogP contribution is 2.49. The van der Waals surface area contributed by atoms with Gasteiger partial charge in [0, 0.05) is 18.3 Å². The number of nitrogens with zero attached hydrogens (tertiary/aromatic N) is 2. The molecule has 0 aromatic heterocycles. The van der Waals surface area contributed by atoms with Crippen molar-refractivity contribution in [2.45, 2.75) is 89.2 Å². The van der Waals surface area contributed by atoms with Gasteiger partial charge in [0.05, 0.1) is 11.1 Å². The molecule has 2 heterocycles.